The minimum Gasteiger partial charge on any atom is -0.496 e. The average Bonchev–Trinajstić information content (AvgIpc) is 3.43. The summed E-state index contributed by atoms with van der Waals surface area (Å²) < 4.78 is 9.83. The largest absolute Gasteiger partial charge is 0.496 e. The maximum absolute atomic E-state index is 5.61. The zero-order valence-corrected chi connectivity index (χ0v) is 18.5. The van der Waals surface area contributed by atoms with E-state index in [1.807, 2.05) is 22.9 Å². The van der Waals surface area contributed by atoms with Crippen LogP contribution in [-0.2, 0) is 12.3 Å². The maximum Gasteiger partial charge on any atom is 0.192 e. The van der Waals surface area contributed by atoms with E-state index in [2.05, 4.69) is 43.3 Å². The molecular weight excluding hydrogens is 398 g/mol. The molecule has 0 N–H and O–H groups in total. The van der Waals surface area contributed by atoms with Crippen LogP contribution < -0.4 is 4.74 Å². The molecule has 0 bridgehead atoms. The van der Waals surface area contributed by atoms with Gasteiger partial charge in [0.25, 0.3) is 0 Å². The van der Waals surface area contributed by atoms with Crippen LogP contribution in [0.1, 0.15) is 63.7 Å². The summed E-state index contributed by atoms with van der Waals surface area (Å²) in [5.41, 5.74) is 0.984. The quantitative estimate of drug-likeness (QED) is 0.464. The molecule has 1 aromatic carbocycles. The number of hydrogen-bond acceptors (Lipinski definition) is 7. The number of aryl methyl sites for hydroxylation is 1. The number of benzene rings is 1. The molecule has 30 heavy (non-hydrogen) atoms. The number of tetrazole rings is 1. The van der Waals surface area contributed by atoms with E-state index in [0.29, 0.717) is 11.8 Å². The van der Waals surface area contributed by atoms with Crippen LogP contribution in [0.3, 0.4) is 0 Å². The second-order valence-electron chi connectivity index (χ2n) is 7.63. The van der Waals surface area contributed by atoms with Gasteiger partial charge in [-0.3, -0.25) is 4.57 Å². The summed E-state index contributed by atoms with van der Waals surface area (Å²) in [7, 11) is 1.70. The van der Waals surface area contributed by atoms with Gasteiger partial charge in [0.15, 0.2) is 16.8 Å². The Morgan fingerprint density at radius 3 is 2.73 bits per heavy atom. The molecule has 0 amide bonds. The molecule has 0 unspecified atom stereocenters. The monoisotopic (exact) mass is 427 g/mol. The van der Waals surface area contributed by atoms with Crippen molar-refractivity contribution in [3.8, 4) is 17.1 Å². The van der Waals surface area contributed by atoms with Gasteiger partial charge in [0, 0.05) is 12.6 Å². The molecule has 0 aliphatic heterocycles. The molecule has 1 fully saturated rings. The first-order valence-corrected chi connectivity index (χ1v) is 11.8. The van der Waals surface area contributed by atoms with Gasteiger partial charge in [0.1, 0.15) is 5.75 Å². The van der Waals surface area contributed by atoms with Gasteiger partial charge in [-0.2, -0.15) is 0 Å². The highest BCUT2D eigenvalue weighted by Gasteiger charge is 2.25. The number of rotatable bonds is 9. The van der Waals surface area contributed by atoms with Crippen LogP contribution in [0.2, 0.25) is 0 Å². The fourth-order valence-electron chi connectivity index (χ4n) is 3.99. The molecule has 9 heteroatoms. The summed E-state index contributed by atoms with van der Waals surface area (Å²) in [6, 6.07) is 8.44. The number of methoxy groups -OCH3 is 1. The van der Waals surface area contributed by atoms with Gasteiger partial charge < -0.3 is 4.74 Å². The molecule has 0 spiro atoms. The average molecular weight is 428 g/mol. The number of hydrogen-bond donors (Lipinski definition) is 0. The Morgan fingerprint density at radius 1 is 1.10 bits per heavy atom. The van der Waals surface area contributed by atoms with Gasteiger partial charge in [0.05, 0.1) is 18.4 Å². The standard InChI is InChI=1S/C21H29N7OS/c1-3-4-14-27-19(22-25-26-27)15-30-21-24-23-20(17-12-8-9-13-18(17)29-2)28(21)16-10-6-5-7-11-16/h8-9,12-13,16H,3-7,10-11,14-15H2,1-2H3. The molecule has 3 aromatic rings. The first-order chi connectivity index (χ1) is 14.8. The third kappa shape index (κ3) is 4.50. The Bertz CT molecular complexity index is 948. The molecule has 1 aliphatic rings. The lowest BCUT2D eigenvalue weighted by Gasteiger charge is -2.26. The number of aromatic nitrogens is 7. The molecular formula is C21H29N7OS. The number of nitrogens with zero attached hydrogens (tertiary/aromatic N) is 7. The van der Waals surface area contributed by atoms with E-state index >= 15 is 0 Å². The minimum absolute atomic E-state index is 0.409. The Hall–Kier alpha value is -2.42. The van der Waals surface area contributed by atoms with Crippen molar-refractivity contribution in [3.63, 3.8) is 0 Å². The molecule has 0 radical (unpaired) electrons. The van der Waals surface area contributed by atoms with Gasteiger partial charge in [-0.1, -0.05) is 56.5 Å². The van der Waals surface area contributed by atoms with E-state index < -0.39 is 0 Å². The zero-order chi connectivity index (χ0) is 20.8. The molecule has 0 saturated heterocycles. The molecule has 8 nitrogen and oxygen atoms in total. The highest BCUT2D eigenvalue weighted by Crippen LogP contribution is 2.38. The van der Waals surface area contributed by atoms with Crippen molar-refractivity contribution in [1.82, 2.24) is 35.0 Å². The molecule has 160 valence electrons. The maximum atomic E-state index is 5.61. The number of ether oxygens (including phenoxy) is 1. The van der Waals surface area contributed by atoms with Gasteiger partial charge in [-0.15, -0.1) is 15.3 Å². The number of para-hydroxylation sites is 1. The van der Waals surface area contributed by atoms with E-state index in [-0.39, 0.29) is 0 Å². The topological polar surface area (TPSA) is 83.5 Å². The molecule has 0 atom stereocenters. The van der Waals surface area contributed by atoms with Crippen molar-refractivity contribution in [1.29, 1.82) is 0 Å². The second-order valence-corrected chi connectivity index (χ2v) is 8.57. The summed E-state index contributed by atoms with van der Waals surface area (Å²) in [6.45, 7) is 3.02. The van der Waals surface area contributed by atoms with Crippen molar-refractivity contribution < 1.29 is 4.74 Å². The van der Waals surface area contributed by atoms with Crippen molar-refractivity contribution in [3.05, 3.63) is 30.1 Å². The summed E-state index contributed by atoms with van der Waals surface area (Å²) in [5, 5.41) is 22.3. The second kappa shape index (κ2) is 10.1. The van der Waals surface area contributed by atoms with Crippen molar-refractivity contribution in [2.24, 2.45) is 0 Å². The fourth-order valence-corrected chi connectivity index (χ4v) is 4.93. The minimum atomic E-state index is 0.409. The lowest BCUT2D eigenvalue weighted by molar-refractivity contribution is 0.338. The lowest BCUT2D eigenvalue weighted by Crippen LogP contribution is -2.15. The molecule has 1 saturated carbocycles. The third-order valence-corrected chi connectivity index (χ3v) is 6.55. The fraction of sp³-hybridized carbons (Fsp3) is 0.571. The lowest BCUT2D eigenvalue weighted by atomic mass is 9.95. The summed E-state index contributed by atoms with van der Waals surface area (Å²) in [5.74, 6) is 3.26. The number of unbranched alkanes of at least 4 members (excludes halogenated alkanes) is 1. The van der Waals surface area contributed by atoms with Crippen LogP contribution in [0, 0.1) is 0 Å². The zero-order valence-electron chi connectivity index (χ0n) is 17.7. The van der Waals surface area contributed by atoms with Gasteiger partial charge in [-0.05, 0) is 41.8 Å². The molecule has 2 aromatic heterocycles. The Morgan fingerprint density at radius 2 is 1.93 bits per heavy atom. The Kier molecular flexibility index (Phi) is 6.99. The van der Waals surface area contributed by atoms with E-state index in [1.165, 1.54) is 19.3 Å². The van der Waals surface area contributed by atoms with E-state index in [1.54, 1.807) is 18.9 Å². The van der Waals surface area contributed by atoms with Crippen LogP contribution in [0.5, 0.6) is 5.75 Å². The first kappa shape index (κ1) is 20.8. The Balaban J connectivity index is 1.63. The number of thioether (sulfide) groups is 1. The highest BCUT2D eigenvalue weighted by atomic mass is 32.2. The van der Waals surface area contributed by atoms with E-state index in [0.717, 1.165) is 60.3 Å². The summed E-state index contributed by atoms with van der Waals surface area (Å²) in [6.07, 6.45) is 8.28. The van der Waals surface area contributed by atoms with Gasteiger partial charge in [0.2, 0.25) is 0 Å². The predicted molar refractivity (Wildman–Crippen MR) is 116 cm³/mol. The Labute approximate surface area is 181 Å². The normalized spacial score (nSPS) is 14.9. The van der Waals surface area contributed by atoms with Crippen molar-refractivity contribution in [2.75, 3.05) is 7.11 Å². The van der Waals surface area contributed by atoms with Crippen LogP contribution >= 0.6 is 11.8 Å². The SMILES string of the molecule is CCCCn1nnnc1CSc1nnc(-c2ccccc2OC)n1C1CCCCC1. The smallest absolute Gasteiger partial charge is 0.192 e. The van der Waals surface area contributed by atoms with Crippen LogP contribution in [0.4, 0.5) is 0 Å². The van der Waals surface area contributed by atoms with Crippen LogP contribution in [0.15, 0.2) is 29.4 Å². The predicted octanol–water partition coefficient (Wildman–Crippen LogP) is 4.54. The third-order valence-electron chi connectivity index (χ3n) is 5.61. The molecule has 1 aliphatic carbocycles. The van der Waals surface area contributed by atoms with E-state index in [9.17, 15) is 0 Å². The summed E-state index contributed by atoms with van der Waals surface area (Å²) in [4.78, 5) is 0. The summed E-state index contributed by atoms with van der Waals surface area (Å²) >= 11 is 1.66. The van der Waals surface area contributed by atoms with Crippen LogP contribution in [0.25, 0.3) is 11.4 Å². The van der Waals surface area contributed by atoms with Crippen molar-refractivity contribution in [2.45, 2.75) is 75.4 Å². The highest BCUT2D eigenvalue weighted by molar-refractivity contribution is 7.98. The first-order valence-electron chi connectivity index (χ1n) is 10.8. The van der Waals surface area contributed by atoms with Crippen molar-refractivity contribution >= 4 is 11.8 Å². The van der Waals surface area contributed by atoms with Crippen LogP contribution in [-0.4, -0.2) is 42.1 Å². The molecule has 4 rings (SSSR count). The van der Waals surface area contributed by atoms with Gasteiger partial charge in [-0.25, -0.2) is 4.68 Å². The van der Waals surface area contributed by atoms with Gasteiger partial charge >= 0.3 is 0 Å². The molecule has 2 heterocycles. The van der Waals surface area contributed by atoms with E-state index in [4.69, 9.17) is 4.74 Å².